The molecule has 0 atom stereocenters. The Balaban J connectivity index is 1.96. The molecule has 1 aromatic carbocycles. The highest BCUT2D eigenvalue weighted by atomic mass is 16.5. The molecule has 0 aliphatic rings. The molecule has 0 bridgehead atoms. The minimum Gasteiger partial charge on any atom is -0.491 e. The van der Waals surface area contributed by atoms with Crippen molar-refractivity contribution >= 4 is 0 Å². The van der Waals surface area contributed by atoms with Crippen molar-refractivity contribution in [2.75, 3.05) is 13.7 Å². The van der Waals surface area contributed by atoms with E-state index in [1.807, 2.05) is 24.3 Å². The van der Waals surface area contributed by atoms with Gasteiger partial charge < -0.3 is 15.2 Å². The second-order valence-electron chi connectivity index (χ2n) is 4.09. The number of pyridine rings is 1. The van der Waals surface area contributed by atoms with E-state index in [2.05, 4.69) is 17.1 Å². The summed E-state index contributed by atoms with van der Waals surface area (Å²) in [5.74, 6) is 1.27. The number of hydrogen-bond acceptors (Lipinski definition) is 4. The van der Waals surface area contributed by atoms with Gasteiger partial charge in [0.25, 0.3) is 0 Å². The molecule has 100 valence electrons. The fourth-order valence-corrected chi connectivity index (χ4v) is 1.78. The molecule has 0 saturated carbocycles. The molecule has 0 radical (unpaired) electrons. The maximum atomic E-state index is 5.73. The van der Waals surface area contributed by atoms with Gasteiger partial charge in [-0.15, -0.1) is 0 Å². The summed E-state index contributed by atoms with van der Waals surface area (Å²) in [5.41, 5.74) is 7.62. The first-order valence-electron chi connectivity index (χ1n) is 6.24. The van der Waals surface area contributed by atoms with Gasteiger partial charge in [-0.25, -0.2) is 4.98 Å². The minimum absolute atomic E-state index is 0.331. The predicted molar refractivity (Wildman–Crippen MR) is 74.3 cm³/mol. The lowest BCUT2D eigenvalue weighted by Gasteiger charge is -2.10. The van der Waals surface area contributed by atoms with E-state index < -0.39 is 0 Å². The van der Waals surface area contributed by atoms with Crippen molar-refractivity contribution in [1.29, 1.82) is 0 Å². The molecular formula is C15H18N2O2. The molecule has 2 N–H and O–H groups in total. The molecule has 2 aromatic rings. The summed E-state index contributed by atoms with van der Waals surface area (Å²) in [5, 5.41) is 0. The van der Waals surface area contributed by atoms with Crippen molar-refractivity contribution in [3.8, 4) is 11.6 Å². The van der Waals surface area contributed by atoms with Crippen molar-refractivity contribution in [3.05, 3.63) is 53.7 Å². The number of methoxy groups -OCH3 is 1. The summed E-state index contributed by atoms with van der Waals surface area (Å²) < 4.78 is 10.8. The molecule has 0 aliphatic carbocycles. The third-order valence-electron chi connectivity index (χ3n) is 2.80. The SMILES string of the molecule is COc1ccc(OCCc2ccccc2)c(CN)n1. The third kappa shape index (κ3) is 3.69. The molecule has 0 spiro atoms. The lowest BCUT2D eigenvalue weighted by Crippen LogP contribution is -2.08. The van der Waals surface area contributed by atoms with Crippen LogP contribution in [0.2, 0.25) is 0 Å². The molecule has 4 nitrogen and oxygen atoms in total. The Labute approximate surface area is 113 Å². The van der Waals surface area contributed by atoms with E-state index in [9.17, 15) is 0 Å². The number of aromatic nitrogens is 1. The standard InChI is InChI=1S/C15H18N2O2/c1-18-15-8-7-14(13(11-16)17-15)19-10-9-12-5-3-2-4-6-12/h2-8H,9-11,16H2,1H3. The number of benzene rings is 1. The summed E-state index contributed by atoms with van der Waals surface area (Å²) in [4.78, 5) is 4.26. The van der Waals surface area contributed by atoms with Crippen LogP contribution in [0.15, 0.2) is 42.5 Å². The molecule has 4 heteroatoms. The maximum Gasteiger partial charge on any atom is 0.213 e. The highest BCUT2D eigenvalue weighted by Gasteiger charge is 2.06. The van der Waals surface area contributed by atoms with E-state index in [1.54, 1.807) is 13.2 Å². The van der Waals surface area contributed by atoms with Crippen LogP contribution < -0.4 is 15.2 Å². The van der Waals surface area contributed by atoms with Gasteiger partial charge in [0, 0.05) is 19.0 Å². The average molecular weight is 258 g/mol. The minimum atomic E-state index is 0.331. The normalized spacial score (nSPS) is 10.2. The van der Waals surface area contributed by atoms with Crippen LogP contribution in [0.5, 0.6) is 11.6 Å². The third-order valence-corrected chi connectivity index (χ3v) is 2.80. The smallest absolute Gasteiger partial charge is 0.213 e. The van der Waals surface area contributed by atoms with Gasteiger partial charge >= 0.3 is 0 Å². The monoisotopic (exact) mass is 258 g/mol. The zero-order valence-electron chi connectivity index (χ0n) is 11.0. The fraction of sp³-hybridized carbons (Fsp3) is 0.267. The van der Waals surface area contributed by atoms with Gasteiger partial charge in [-0.05, 0) is 11.6 Å². The lowest BCUT2D eigenvalue weighted by atomic mass is 10.2. The van der Waals surface area contributed by atoms with Crippen LogP contribution in [0.1, 0.15) is 11.3 Å². The first-order chi connectivity index (χ1) is 9.33. The molecule has 19 heavy (non-hydrogen) atoms. The number of nitrogens with two attached hydrogens (primary N) is 1. The van der Waals surface area contributed by atoms with Crippen LogP contribution >= 0.6 is 0 Å². The molecule has 1 heterocycles. The maximum absolute atomic E-state index is 5.73. The van der Waals surface area contributed by atoms with Gasteiger partial charge in [0.05, 0.1) is 19.4 Å². The van der Waals surface area contributed by atoms with Gasteiger partial charge in [0.2, 0.25) is 5.88 Å². The molecule has 1 aromatic heterocycles. The Bertz CT molecular complexity index is 515. The molecule has 0 aliphatic heterocycles. The lowest BCUT2D eigenvalue weighted by molar-refractivity contribution is 0.314. The van der Waals surface area contributed by atoms with Gasteiger partial charge in [-0.2, -0.15) is 0 Å². The van der Waals surface area contributed by atoms with Crippen LogP contribution in [0, 0.1) is 0 Å². The van der Waals surface area contributed by atoms with Gasteiger partial charge in [-0.1, -0.05) is 30.3 Å². The van der Waals surface area contributed by atoms with Crippen molar-refractivity contribution in [1.82, 2.24) is 4.98 Å². The Morgan fingerprint density at radius 2 is 1.89 bits per heavy atom. The summed E-state index contributed by atoms with van der Waals surface area (Å²) in [6.45, 7) is 0.933. The van der Waals surface area contributed by atoms with Crippen LogP contribution in [0.3, 0.4) is 0 Å². The predicted octanol–water partition coefficient (Wildman–Crippen LogP) is 2.17. The van der Waals surface area contributed by atoms with E-state index in [0.717, 1.165) is 12.2 Å². The van der Waals surface area contributed by atoms with Gasteiger partial charge in [-0.3, -0.25) is 0 Å². The van der Waals surface area contributed by atoms with E-state index in [-0.39, 0.29) is 0 Å². The average Bonchev–Trinajstić information content (AvgIpc) is 2.48. The van der Waals surface area contributed by atoms with Crippen molar-refractivity contribution < 1.29 is 9.47 Å². The molecule has 2 rings (SSSR count). The van der Waals surface area contributed by atoms with Crippen molar-refractivity contribution in [2.45, 2.75) is 13.0 Å². The fourth-order valence-electron chi connectivity index (χ4n) is 1.78. The van der Waals surface area contributed by atoms with E-state index in [0.29, 0.717) is 24.7 Å². The van der Waals surface area contributed by atoms with Gasteiger partial charge in [0.1, 0.15) is 5.75 Å². The number of rotatable bonds is 6. The second-order valence-corrected chi connectivity index (χ2v) is 4.09. The van der Waals surface area contributed by atoms with Crippen LogP contribution in [-0.2, 0) is 13.0 Å². The molecular weight excluding hydrogens is 240 g/mol. The summed E-state index contributed by atoms with van der Waals surface area (Å²) in [6, 6.07) is 13.8. The Morgan fingerprint density at radius 3 is 2.58 bits per heavy atom. The summed E-state index contributed by atoms with van der Waals surface area (Å²) >= 11 is 0. The number of hydrogen-bond donors (Lipinski definition) is 1. The summed E-state index contributed by atoms with van der Waals surface area (Å²) in [6.07, 6.45) is 0.858. The quantitative estimate of drug-likeness (QED) is 0.862. The Hall–Kier alpha value is -2.07. The highest BCUT2D eigenvalue weighted by molar-refractivity contribution is 5.31. The number of nitrogens with zero attached hydrogens (tertiary/aromatic N) is 1. The van der Waals surface area contributed by atoms with E-state index in [4.69, 9.17) is 15.2 Å². The zero-order chi connectivity index (χ0) is 13.5. The van der Waals surface area contributed by atoms with Crippen molar-refractivity contribution in [3.63, 3.8) is 0 Å². The van der Waals surface area contributed by atoms with Gasteiger partial charge in [0.15, 0.2) is 0 Å². The van der Waals surface area contributed by atoms with Crippen LogP contribution in [-0.4, -0.2) is 18.7 Å². The second kappa shape index (κ2) is 6.75. The molecule has 0 saturated heterocycles. The first-order valence-corrected chi connectivity index (χ1v) is 6.24. The number of ether oxygens (including phenoxy) is 2. The largest absolute Gasteiger partial charge is 0.491 e. The Morgan fingerprint density at radius 1 is 1.11 bits per heavy atom. The topological polar surface area (TPSA) is 57.4 Å². The molecule has 0 unspecified atom stereocenters. The molecule has 0 fully saturated rings. The van der Waals surface area contributed by atoms with E-state index >= 15 is 0 Å². The molecule has 0 amide bonds. The highest BCUT2D eigenvalue weighted by Crippen LogP contribution is 2.20. The van der Waals surface area contributed by atoms with E-state index in [1.165, 1.54) is 5.56 Å². The zero-order valence-corrected chi connectivity index (χ0v) is 11.0. The van der Waals surface area contributed by atoms with Crippen molar-refractivity contribution in [2.24, 2.45) is 5.73 Å². The summed E-state index contributed by atoms with van der Waals surface area (Å²) in [7, 11) is 1.58. The van der Waals surface area contributed by atoms with Crippen LogP contribution in [0.25, 0.3) is 0 Å². The van der Waals surface area contributed by atoms with Crippen LogP contribution in [0.4, 0.5) is 0 Å². The Kier molecular flexibility index (Phi) is 4.75. The first kappa shape index (κ1) is 13.4.